The number of carbonyl (C=O) groups excluding carboxylic acids is 1. The molecule has 0 unspecified atom stereocenters. The van der Waals surface area contributed by atoms with E-state index in [1.165, 1.54) is 5.69 Å². The molecule has 174 valence electrons. The Morgan fingerprint density at radius 1 is 0.882 bits per heavy atom. The number of pyridine rings is 1. The van der Waals surface area contributed by atoms with E-state index < -0.39 is 0 Å². The van der Waals surface area contributed by atoms with Crippen molar-refractivity contribution < 1.29 is 4.79 Å². The van der Waals surface area contributed by atoms with Gasteiger partial charge in [-0.3, -0.25) is 0 Å². The van der Waals surface area contributed by atoms with Crippen LogP contribution in [0.15, 0.2) is 72.8 Å². The summed E-state index contributed by atoms with van der Waals surface area (Å²) in [7, 11) is 0. The van der Waals surface area contributed by atoms with Crippen molar-refractivity contribution >= 4 is 44.9 Å². The Bertz CT molecular complexity index is 1290. The first kappa shape index (κ1) is 22.0. The number of amides is 2. The maximum absolute atomic E-state index is 12.6. The van der Waals surface area contributed by atoms with Crippen LogP contribution >= 0.6 is 0 Å². The fraction of sp³-hybridized carbons (Fsp3) is 0.286. The summed E-state index contributed by atoms with van der Waals surface area (Å²) in [5, 5.41) is 5.82. The van der Waals surface area contributed by atoms with Gasteiger partial charge in [0.05, 0.1) is 11.0 Å². The van der Waals surface area contributed by atoms with Crippen molar-refractivity contribution in [3.63, 3.8) is 0 Å². The fourth-order valence-corrected chi connectivity index (χ4v) is 4.67. The van der Waals surface area contributed by atoms with Gasteiger partial charge >= 0.3 is 6.03 Å². The van der Waals surface area contributed by atoms with Gasteiger partial charge in [0, 0.05) is 67.1 Å². The number of fused-ring (bicyclic) bond motifs is 2. The van der Waals surface area contributed by atoms with Gasteiger partial charge in [0.25, 0.3) is 0 Å². The van der Waals surface area contributed by atoms with E-state index in [9.17, 15) is 4.79 Å². The van der Waals surface area contributed by atoms with Gasteiger partial charge in [-0.1, -0.05) is 24.3 Å². The third-order valence-corrected chi connectivity index (χ3v) is 6.66. The van der Waals surface area contributed by atoms with Crippen molar-refractivity contribution in [1.82, 2.24) is 14.8 Å². The van der Waals surface area contributed by atoms with Gasteiger partial charge in [-0.2, -0.15) is 0 Å². The summed E-state index contributed by atoms with van der Waals surface area (Å²) >= 11 is 0. The molecule has 0 bridgehead atoms. The first-order valence-corrected chi connectivity index (χ1v) is 12.1. The standard InChI is InChI=1S/C28H31N5O/c1-3-31(4-2)28(34)33-18-16-32(17-19-33)23-14-12-22(13-15-23)29-26-10-7-11-27-24(26)20-21-8-5-6-9-25(21)30-27/h5-15,20,29H,3-4,16-19H2,1-2H3. The van der Waals surface area contributed by atoms with Crippen LogP contribution in [0.3, 0.4) is 0 Å². The van der Waals surface area contributed by atoms with Crippen LogP contribution in [0.25, 0.3) is 21.8 Å². The number of urea groups is 1. The molecule has 1 aliphatic rings. The number of nitrogens with zero attached hydrogens (tertiary/aromatic N) is 4. The molecule has 0 atom stereocenters. The zero-order chi connectivity index (χ0) is 23.5. The van der Waals surface area contributed by atoms with E-state index in [0.29, 0.717) is 0 Å². The molecule has 6 nitrogen and oxygen atoms in total. The monoisotopic (exact) mass is 453 g/mol. The van der Waals surface area contributed by atoms with Crippen molar-refractivity contribution in [2.75, 3.05) is 49.5 Å². The Hall–Kier alpha value is -3.80. The van der Waals surface area contributed by atoms with Crippen LogP contribution in [-0.2, 0) is 0 Å². The maximum atomic E-state index is 12.6. The van der Waals surface area contributed by atoms with Crippen LogP contribution in [0.5, 0.6) is 0 Å². The molecule has 0 radical (unpaired) electrons. The van der Waals surface area contributed by atoms with Crippen LogP contribution in [0, 0.1) is 0 Å². The Morgan fingerprint density at radius 3 is 2.32 bits per heavy atom. The number of carbonyl (C=O) groups is 1. The molecular weight excluding hydrogens is 422 g/mol. The molecule has 0 saturated carbocycles. The van der Waals surface area contributed by atoms with Crippen molar-refractivity contribution in [3.05, 3.63) is 72.8 Å². The molecule has 4 aromatic rings. The van der Waals surface area contributed by atoms with Gasteiger partial charge in [-0.25, -0.2) is 9.78 Å². The second-order valence-corrected chi connectivity index (χ2v) is 8.65. The zero-order valence-electron chi connectivity index (χ0n) is 19.9. The fourth-order valence-electron chi connectivity index (χ4n) is 4.67. The number of para-hydroxylation sites is 1. The minimum Gasteiger partial charge on any atom is -0.368 e. The Labute approximate surface area is 200 Å². The lowest BCUT2D eigenvalue weighted by atomic mass is 10.1. The molecule has 1 aromatic heterocycles. The van der Waals surface area contributed by atoms with Gasteiger partial charge in [-0.15, -0.1) is 0 Å². The lowest BCUT2D eigenvalue weighted by molar-refractivity contribution is 0.154. The number of aromatic nitrogens is 1. The molecule has 1 N–H and O–H groups in total. The second kappa shape index (κ2) is 9.59. The van der Waals surface area contributed by atoms with Gasteiger partial charge in [0.15, 0.2) is 0 Å². The van der Waals surface area contributed by atoms with E-state index in [0.717, 1.165) is 72.4 Å². The van der Waals surface area contributed by atoms with Crippen molar-refractivity contribution in [3.8, 4) is 0 Å². The van der Waals surface area contributed by atoms with Gasteiger partial charge < -0.3 is 20.0 Å². The zero-order valence-corrected chi connectivity index (χ0v) is 19.9. The first-order valence-electron chi connectivity index (χ1n) is 12.1. The minimum absolute atomic E-state index is 0.154. The summed E-state index contributed by atoms with van der Waals surface area (Å²) in [6.07, 6.45) is 0. The molecule has 6 heteroatoms. The van der Waals surface area contributed by atoms with Gasteiger partial charge in [-0.05, 0) is 62.4 Å². The highest BCUT2D eigenvalue weighted by Crippen LogP contribution is 2.29. The number of nitrogens with one attached hydrogen (secondary N) is 1. The number of hydrogen-bond donors (Lipinski definition) is 1. The number of benzene rings is 3. The van der Waals surface area contributed by atoms with Crippen LogP contribution < -0.4 is 10.2 Å². The SMILES string of the molecule is CCN(CC)C(=O)N1CCN(c2ccc(Nc3cccc4nc5ccccc5cc34)cc2)CC1. The smallest absolute Gasteiger partial charge is 0.320 e. The lowest BCUT2D eigenvalue weighted by Crippen LogP contribution is -2.52. The molecule has 2 heterocycles. The first-order chi connectivity index (χ1) is 16.7. The number of hydrogen-bond acceptors (Lipinski definition) is 4. The molecule has 0 aliphatic carbocycles. The Balaban J connectivity index is 1.28. The summed E-state index contributed by atoms with van der Waals surface area (Å²) in [4.78, 5) is 23.6. The van der Waals surface area contributed by atoms with E-state index in [1.54, 1.807) is 0 Å². The number of rotatable bonds is 5. The number of piperazine rings is 1. The predicted octanol–water partition coefficient (Wildman–Crippen LogP) is 5.72. The van der Waals surface area contributed by atoms with Crippen LogP contribution in [0.2, 0.25) is 0 Å². The molecule has 1 aliphatic heterocycles. The summed E-state index contributed by atoms with van der Waals surface area (Å²) < 4.78 is 0. The highest BCUT2D eigenvalue weighted by molar-refractivity contribution is 6.00. The van der Waals surface area contributed by atoms with Crippen molar-refractivity contribution in [2.45, 2.75) is 13.8 Å². The van der Waals surface area contributed by atoms with Crippen molar-refractivity contribution in [2.24, 2.45) is 0 Å². The van der Waals surface area contributed by atoms with E-state index in [-0.39, 0.29) is 6.03 Å². The Kier molecular flexibility index (Phi) is 6.21. The van der Waals surface area contributed by atoms with E-state index >= 15 is 0 Å². The molecule has 1 saturated heterocycles. The normalized spacial score (nSPS) is 13.9. The third kappa shape index (κ3) is 4.36. The molecular formula is C28H31N5O. The molecule has 5 rings (SSSR count). The van der Waals surface area contributed by atoms with Crippen LogP contribution in [-0.4, -0.2) is 60.1 Å². The van der Waals surface area contributed by atoms with Gasteiger partial charge in [0.1, 0.15) is 0 Å². The molecule has 2 amide bonds. The average molecular weight is 454 g/mol. The lowest BCUT2D eigenvalue weighted by Gasteiger charge is -2.38. The second-order valence-electron chi connectivity index (χ2n) is 8.65. The molecule has 1 fully saturated rings. The quantitative estimate of drug-likeness (QED) is 0.393. The highest BCUT2D eigenvalue weighted by atomic mass is 16.2. The summed E-state index contributed by atoms with van der Waals surface area (Å²) in [6, 6.07) is 25.3. The average Bonchev–Trinajstić information content (AvgIpc) is 2.89. The topological polar surface area (TPSA) is 51.7 Å². The largest absolute Gasteiger partial charge is 0.368 e. The van der Waals surface area contributed by atoms with E-state index in [1.807, 2.05) is 47.9 Å². The van der Waals surface area contributed by atoms with Crippen LogP contribution in [0.1, 0.15) is 13.8 Å². The highest BCUT2D eigenvalue weighted by Gasteiger charge is 2.24. The molecule has 34 heavy (non-hydrogen) atoms. The van der Waals surface area contributed by atoms with Gasteiger partial charge in [0.2, 0.25) is 0 Å². The molecule has 3 aromatic carbocycles. The third-order valence-electron chi connectivity index (χ3n) is 6.66. The van der Waals surface area contributed by atoms with Crippen LogP contribution in [0.4, 0.5) is 21.9 Å². The van der Waals surface area contributed by atoms with Crippen molar-refractivity contribution in [1.29, 1.82) is 0 Å². The van der Waals surface area contributed by atoms with E-state index in [2.05, 4.69) is 58.7 Å². The summed E-state index contributed by atoms with van der Waals surface area (Å²) in [6.45, 7) is 8.79. The summed E-state index contributed by atoms with van der Waals surface area (Å²) in [5.74, 6) is 0. The molecule has 0 spiro atoms. The minimum atomic E-state index is 0.154. The Morgan fingerprint density at radius 2 is 1.59 bits per heavy atom. The predicted molar refractivity (Wildman–Crippen MR) is 141 cm³/mol. The summed E-state index contributed by atoms with van der Waals surface area (Å²) in [5.41, 5.74) is 5.27. The van der Waals surface area contributed by atoms with E-state index in [4.69, 9.17) is 4.98 Å². The maximum Gasteiger partial charge on any atom is 0.320 e. The number of anilines is 3.